The molecule has 1 aromatic carbocycles. The van der Waals surface area contributed by atoms with Gasteiger partial charge in [0.25, 0.3) is 5.91 Å². The summed E-state index contributed by atoms with van der Waals surface area (Å²) in [6.45, 7) is 0.384. The quantitative estimate of drug-likeness (QED) is 0.609. The van der Waals surface area contributed by atoms with Gasteiger partial charge in [0.05, 0.1) is 5.56 Å². The number of phenols is 2. The van der Waals surface area contributed by atoms with E-state index in [0.717, 1.165) is 0 Å². The molecule has 5 heteroatoms. The van der Waals surface area contributed by atoms with E-state index in [0.29, 0.717) is 12.4 Å². The molecule has 0 atom stereocenters. The minimum absolute atomic E-state index is 0.0598. The number of hydrogen-bond acceptors (Lipinski definition) is 3. The van der Waals surface area contributed by atoms with E-state index in [4.69, 9.17) is 11.6 Å². The highest BCUT2D eigenvalue weighted by Gasteiger charge is 2.15. The van der Waals surface area contributed by atoms with Gasteiger partial charge in [0.2, 0.25) is 0 Å². The molecule has 0 aliphatic heterocycles. The Kier molecular flexibility index (Phi) is 3.80. The van der Waals surface area contributed by atoms with Gasteiger partial charge in [0.1, 0.15) is 11.5 Å². The number of alkyl halides is 1. The van der Waals surface area contributed by atoms with Crippen molar-refractivity contribution in [3.8, 4) is 11.5 Å². The third-order valence-corrected chi connectivity index (χ3v) is 2.15. The van der Waals surface area contributed by atoms with Crippen LogP contribution in [-0.2, 0) is 0 Å². The number of hydrogen-bond donors (Lipinski definition) is 2. The maximum Gasteiger partial charge on any atom is 0.257 e. The van der Waals surface area contributed by atoms with Crippen molar-refractivity contribution in [1.82, 2.24) is 4.90 Å². The van der Waals surface area contributed by atoms with Gasteiger partial charge in [0, 0.05) is 19.5 Å². The van der Waals surface area contributed by atoms with Crippen LogP contribution in [0.1, 0.15) is 10.4 Å². The first-order valence-electron chi connectivity index (χ1n) is 4.39. The standard InChI is InChI=1S/C10H12ClNO3/c1-12(5-4-11)10(15)8-6-7(13)2-3-9(8)14/h2-3,6,13-14H,4-5H2,1H3. The van der Waals surface area contributed by atoms with Crippen molar-refractivity contribution in [2.75, 3.05) is 19.5 Å². The summed E-state index contributed by atoms with van der Waals surface area (Å²) in [5, 5.41) is 18.6. The summed E-state index contributed by atoms with van der Waals surface area (Å²) in [7, 11) is 1.58. The van der Waals surface area contributed by atoms with Crippen molar-refractivity contribution < 1.29 is 15.0 Å². The molecule has 82 valence electrons. The van der Waals surface area contributed by atoms with Crippen LogP contribution in [0.5, 0.6) is 11.5 Å². The first-order valence-corrected chi connectivity index (χ1v) is 4.93. The van der Waals surface area contributed by atoms with E-state index in [2.05, 4.69) is 0 Å². The summed E-state index contributed by atoms with van der Waals surface area (Å²) < 4.78 is 0. The molecule has 1 rings (SSSR count). The molecular formula is C10H12ClNO3. The van der Waals surface area contributed by atoms with Crippen LogP contribution < -0.4 is 0 Å². The fourth-order valence-electron chi connectivity index (χ4n) is 1.13. The van der Waals surface area contributed by atoms with Gasteiger partial charge in [-0.25, -0.2) is 0 Å². The number of rotatable bonds is 3. The zero-order chi connectivity index (χ0) is 11.4. The molecule has 0 saturated carbocycles. The summed E-state index contributed by atoms with van der Waals surface area (Å²) in [6.07, 6.45) is 0. The number of halogens is 1. The van der Waals surface area contributed by atoms with Crippen LogP contribution in [0.15, 0.2) is 18.2 Å². The summed E-state index contributed by atoms with van der Waals surface area (Å²) in [5.74, 6) is -0.263. The number of nitrogens with zero attached hydrogens (tertiary/aromatic N) is 1. The van der Waals surface area contributed by atoms with E-state index in [1.807, 2.05) is 0 Å². The Morgan fingerprint density at radius 2 is 2.13 bits per heavy atom. The topological polar surface area (TPSA) is 60.8 Å². The van der Waals surface area contributed by atoms with Crippen molar-refractivity contribution >= 4 is 17.5 Å². The Labute approximate surface area is 92.7 Å². The van der Waals surface area contributed by atoms with E-state index in [-0.39, 0.29) is 23.0 Å². The van der Waals surface area contributed by atoms with E-state index in [1.165, 1.54) is 23.1 Å². The number of aromatic hydroxyl groups is 2. The molecule has 0 unspecified atom stereocenters. The van der Waals surface area contributed by atoms with E-state index in [9.17, 15) is 15.0 Å². The van der Waals surface area contributed by atoms with Crippen molar-refractivity contribution in [3.63, 3.8) is 0 Å². The van der Waals surface area contributed by atoms with Gasteiger partial charge in [-0.15, -0.1) is 11.6 Å². The molecule has 1 amide bonds. The lowest BCUT2D eigenvalue weighted by atomic mass is 10.1. The van der Waals surface area contributed by atoms with Crippen molar-refractivity contribution in [2.24, 2.45) is 0 Å². The normalized spacial score (nSPS) is 10.0. The number of benzene rings is 1. The number of phenolic OH excluding ortho intramolecular Hbond substituents is 2. The van der Waals surface area contributed by atoms with Crippen molar-refractivity contribution in [1.29, 1.82) is 0 Å². The average molecular weight is 230 g/mol. The van der Waals surface area contributed by atoms with Crippen LogP contribution in [0, 0.1) is 0 Å². The molecule has 2 N–H and O–H groups in total. The smallest absolute Gasteiger partial charge is 0.257 e. The molecule has 0 fully saturated rings. The Morgan fingerprint density at radius 1 is 1.47 bits per heavy atom. The first-order chi connectivity index (χ1) is 7.06. The number of carbonyl (C=O) groups is 1. The first kappa shape index (κ1) is 11.7. The Bertz CT molecular complexity index is 368. The number of carbonyl (C=O) groups excluding carboxylic acids is 1. The summed E-state index contributed by atoms with van der Waals surface area (Å²) in [4.78, 5) is 13.1. The number of amides is 1. The average Bonchev–Trinajstić information content (AvgIpc) is 2.21. The van der Waals surface area contributed by atoms with Crippen LogP contribution in [0.3, 0.4) is 0 Å². The third kappa shape index (κ3) is 2.76. The maximum absolute atomic E-state index is 11.7. The SMILES string of the molecule is CN(CCCl)C(=O)c1cc(O)ccc1O. The Morgan fingerprint density at radius 3 is 2.73 bits per heavy atom. The molecule has 0 aliphatic rings. The zero-order valence-corrected chi connectivity index (χ0v) is 9.03. The van der Waals surface area contributed by atoms with Gasteiger partial charge in [-0.3, -0.25) is 4.79 Å². The van der Waals surface area contributed by atoms with Gasteiger partial charge in [-0.05, 0) is 18.2 Å². The minimum atomic E-state index is -0.371. The zero-order valence-electron chi connectivity index (χ0n) is 8.27. The Balaban J connectivity index is 2.95. The lowest BCUT2D eigenvalue weighted by molar-refractivity contribution is 0.0800. The highest BCUT2D eigenvalue weighted by Crippen LogP contribution is 2.23. The highest BCUT2D eigenvalue weighted by atomic mass is 35.5. The minimum Gasteiger partial charge on any atom is -0.508 e. The van der Waals surface area contributed by atoms with Gasteiger partial charge in [-0.1, -0.05) is 0 Å². The fraction of sp³-hybridized carbons (Fsp3) is 0.300. The third-order valence-electron chi connectivity index (χ3n) is 1.98. The van der Waals surface area contributed by atoms with Crippen LogP contribution in [-0.4, -0.2) is 40.5 Å². The molecular weight excluding hydrogens is 218 g/mol. The second-order valence-electron chi connectivity index (χ2n) is 3.12. The molecule has 0 aromatic heterocycles. The van der Waals surface area contributed by atoms with Crippen molar-refractivity contribution in [2.45, 2.75) is 0 Å². The predicted octanol–water partition coefficient (Wildman–Crippen LogP) is 1.41. The molecule has 0 bridgehead atoms. The molecule has 1 aromatic rings. The van der Waals surface area contributed by atoms with E-state index in [1.54, 1.807) is 7.05 Å². The summed E-state index contributed by atoms with van der Waals surface area (Å²) >= 11 is 5.49. The van der Waals surface area contributed by atoms with Gasteiger partial charge < -0.3 is 15.1 Å². The lowest BCUT2D eigenvalue weighted by Crippen LogP contribution is -2.28. The molecule has 0 aliphatic carbocycles. The van der Waals surface area contributed by atoms with Gasteiger partial charge in [0.15, 0.2) is 0 Å². The predicted molar refractivity (Wildman–Crippen MR) is 57.5 cm³/mol. The second-order valence-corrected chi connectivity index (χ2v) is 3.50. The second kappa shape index (κ2) is 4.89. The van der Waals surface area contributed by atoms with E-state index < -0.39 is 0 Å². The molecule has 4 nitrogen and oxygen atoms in total. The molecule has 0 saturated heterocycles. The summed E-state index contributed by atoms with van der Waals surface area (Å²) in [6, 6.07) is 3.81. The molecule has 0 radical (unpaired) electrons. The largest absolute Gasteiger partial charge is 0.508 e. The Hall–Kier alpha value is -1.42. The monoisotopic (exact) mass is 229 g/mol. The summed E-state index contributed by atoms with van der Waals surface area (Å²) in [5.41, 5.74) is 0.0719. The molecule has 15 heavy (non-hydrogen) atoms. The van der Waals surface area contributed by atoms with E-state index >= 15 is 0 Å². The van der Waals surface area contributed by atoms with Crippen LogP contribution >= 0.6 is 11.6 Å². The highest BCUT2D eigenvalue weighted by molar-refractivity contribution is 6.18. The molecule has 0 spiro atoms. The van der Waals surface area contributed by atoms with Gasteiger partial charge >= 0.3 is 0 Å². The van der Waals surface area contributed by atoms with Crippen LogP contribution in [0.25, 0.3) is 0 Å². The van der Waals surface area contributed by atoms with Crippen molar-refractivity contribution in [3.05, 3.63) is 23.8 Å². The van der Waals surface area contributed by atoms with Crippen LogP contribution in [0.4, 0.5) is 0 Å². The molecule has 0 heterocycles. The fourth-order valence-corrected chi connectivity index (χ4v) is 1.38. The lowest BCUT2D eigenvalue weighted by Gasteiger charge is -2.16. The van der Waals surface area contributed by atoms with Gasteiger partial charge in [-0.2, -0.15) is 0 Å². The maximum atomic E-state index is 11.7. The van der Waals surface area contributed by atoms with Crippen LogP contribution in [0.2, 0.25) is 0 Å².